The van der Waals surface area contributed by atoms with Crippen molar-refractivity contribution in [2.24, 2.45) is 16.2 Å². The van der Waals surface area contributed by atoms with E-state index in [-0.39, 0.29) is 5.97 Å². The quantitative estimate of drug-likeness (QED) is 0.735. The number of carboxylic acid groups (broad SMARTS) is 1. The van der Waals surface area contributed by atoms with Gasteiger partial charge in [-0.15, -0.1) is 0 Å². The summed E-state index contributed by atoms with van der Waals surface area (Å²) in [5.41, 5.74) is -2.23. The maximum absolute atomic E-state index is 11.8. The molecule has 0 bridgehead atoms. The highest BCUT2D eigenvalue weighted by Gasteiger charge is 2.65. The van der Waals surface area contributed by atoms with E-state index in [1.54, 1.807) is 13.8 Å². The summed E-state index contributed by atoms with van der Waals surface area (Å²) in [5.74, 6) is -1.16. The Morgan fingerprint density at radius 3 is 1.81 bits per heavy atom. The van der Waals surface area contributed by atoms with Gasteiger partial charge >= 0.3 is 11.9 Å². The predicted molar refractivity (Wildman–Crippen MR) is 58.9 cm³/mol. The van der Waals surface area contributed by atoms with Crippen molar-refractivity contribution in [3.63, 3.8) is 0 Å². The standard InChI is InChI=1S/C12H20O4/c1-10(2)11(3,8(13)14)6-7-12(10,4)9(15)16-5/h6-7H2,1-5H3,(H,13,14)/t11-,12-/m0/s1. The zero-order chi connectivity index (χ0) is 12.8. The van der Waals surface area contributed by atoms with Gasteiger partial charge in [0.05, 0.1) is 17.9 Å². The number of carboxylic acids is 1. The summed E-state index contributed by atoms with van der Waals surface area (Å²) in [6.07, 6.45) is 1.05. The lowest BCUT2D eigenvalue weighted by atomic mass is 9.59. The Balaban J connectivity index is 3.24. The van der Waals surface area contributed by atoms with Crippen molar-refractivity contribution in [1.29, 1.82) is 0 Å². The number of carbonyl (C=O) groups excluding carboxylic acids is 1. The van der Waals surface area contributed by atoms with Crippen molar-refractivity contribution in [3.8, 4) is 0 Å². The van der Waals surface area contributed by atoms with Crippen LogP contribution in [-0.4, -0.2) is 24.2 Å². The van der Waals surface area contributed by atoms with Gasteiger partial charge in [-0.2, -0.15) is 0 Å². The van der Waals surface area contributed by atoms with E-state index in [9.17, 15) is 14.7 Å². The van der Waals surface area contributed by atoms with E-state index in [1.807, 2.05) is 13.8 Å². The first-order chi connectivity index (χ1) is 7.13. The van der Waals surface area contributed by atoms with E-state index in [2.05, 4.69) is 0 Å². The summed E-state index contributed by atoms with van der Waals surface area (Å²) in [5, 5.41) is 9.34. The third kappa shape index (κ3) is 1.28. The van der Waals surface area contributed by atoms with Crippen LogP contribution >= 0.6 is 0 Å². The van der Waals surface area contributed by atoms with Gasteiger partial charge < -0.3 is 9.84 Å². The van der Waals surface area contributed by atoms with E-state index >= 15 is 0 Å². The van der Waals surface area contributed by atoms with Gasteiger partial charge in [-0.25, -0.2) is 0 Å². The van der Waals surface area contributed by atoms with Gasteiger partial charge in [0.2, 0.25) is 0 Å². The predicted octanol–water partition coefficient (Wildman–Crippen LogP) is 2.08. The summed E-state index contributed by atoms with van der Waals surface area (Å²) < 4.78 is 4.81. The van der Waals surface area contributed by atoms with Crippen molar-refractivity contribution >= 4 is 11.9 Å². The molecule has 0 aromatic rings. The van der Waals surface area contributed by atoms with Crippen molar-refractivity contribution in [1.82, 2.24) is 0 Å². The fourth-order valence-corrected chi connectivity index (χ4v) is 2.69. The first-order valence-corrected chi connectivity index (χ1v) is 5.45. The molecule has 0 amide bonds. The molecule has 0 spiro atoms. The second-order valence-corrected chi connectivity index (χ2v) is 5.59. The zero-order valence-corrected chi connectivity index (χ0v) is 10.6. The monoisotopic (exact) mass is 228 g/mol. The highest BCUT2D eigenvalue weighted by atomic mass is 16.5. The van der Waals surface area contributed by atoms with Crippen LogP contribution in [0.4, 0.5) is 0 Å². The topological polar surface area (TPSA) is 63.6 Å². The average molecular weight is 228 g/mol. The molecule has 0 saturated heterocycles. The summed E-state index contributed by atoms with van der Waals surface area (Å²) in [6, 6.07) is 0. The van der Waals surface area contributed by atoms with Crippen molar-refractivity contribution < 1.29 is 19.4 Å². The molecule has 1 N–H and O–H groups in total. The van der Waals surface area contributed by atoms with E-state index < -0.39 is 22.2 Å². The normalized spacial score (nSPS) is 37.1. The molecule has 0 heterocycles. The average Bonchev–Trinajstić information content (AvgIpc) is 2.40. The molecule has 0 unspecified atom stereocenters. The number of hydrogen-bond acceptors (Lipinski definition) is 3. The molecule has 0 aromatic heterocycles. The van der Waals surface area contributed by atoms with E-state index in [1.165, 1.54) is 7.11 Å². The molecule has 1 rings (SSSR count). The number of aliphatic carboxylic acids is 1. The zero-order valence-electron chi connectivity index (χ0n) is 10.6. The van der Waals surface area contributed by atoms with E-state index in [0.29, 0.717) is 12.8 Å². The van der Waals surface area contributed by atoms with Gasteiger partial charge in [0.15, 0.2) is 0 Å². The van der Waals surface area contributed by atoms with E-state index in [0.717, 1.165) is 0 Å². The lowest BCUT2D eigenvalue weighted by Gasteiger charge is -2.43. The molecule has 0 aliphatic heterocycles. The number of esters is 1. The van der Waals surface area contributed by atoms with Gasteiger partial charge in [0.25, 0.3) is 0 Å². The highest BCUT2D eigenvalue weighted by Crippen LogP contribution is 2.63. The molecule has 4 nitrogen and oxygen atoms in total. The van der Waals surface area contributed by atoms with Crippen LogP contribution < -0.4 is 0 Å². The number of hydrogen-bond donors (Lipinski definition) is 1. The van der Waals surface area contributed by atoms with Crippen LogP contribution in [0.2, 0.25) is 0 Å². The van der Waals surface area contributed by atoms with Crippen LogP contribution in [0.5, 0.6) is 0 Å². The van der Waals surface area contributed by atoms with Crippen LogP contribution in [-0.2, 0) is 14.3 Å². The summed E-state index contributed by atoms with van der Waals surface area (Å²) in [4.78, 5) is 23.2. The first-order valence-electron chi connectivity index (χ1n) is 5.45. The van der Waals surface area contributed by atoms with Crippen molar-refractivity contribution in [2.45, 2.75) is 40.5 Å². The van der Waals surface area contributed by atoms with Gasteiger partial charge in [0.1, 0.15) is 0 Å². The molecule has 0 aromatic carbocycles. The Morgan fingerprint density at radius 1 is 1.06 bits per heavy atom. The minimum Gasteiger partial charge on any atom is -0.481 e. The number of carbonyl (C=O) groups is 2. The lowest BCUT2D eigenvalue weighted by molar-refractivity contribution is -0.167. The molecule has 1 aliphatic carbocycles. The Morgan fingerprint density at radius 2 is 1.50 bits per heavy atom. The van der Waals surface area contributed by atoms with Crippen LogP contribution in [0.25, 0.3) is 0 Å². The Bertz CT molecular complexity index is 334. The minimum atomic E-state index is -0.879. The molecule has 92 valence electrons. The number of ether oxygens (including phenoxy) is 1. The number of methoxy groups -OCH3 is 1. The highest BCUT2D eigenvalue weighted by molar-refractivity contribution is 5.83. The molecule has 16 heavy (non-hydrogen) atoms. The molecule has 0 radical (unpaired) electrons. The smallest absolute Gasteiger partial charge is 0.312 e. The van der Waals surface area contributed by atoms with Crippen molar-refractivity contribution in [2.75, 3.05) is 7.11 Å². The van der Waals surface area contributed by atoms with Crippen molar-refractivity contribution in [3.05, 3.63) is 0 Å². The summed E-state index contributed by atoms with van der Waals surface area (Å²) in [7, 11) is 1.35. The molecular formula is C12H20O4. The summed E-state index contributed by atoms with van der Waals surface area (Å²) >= 11 is 0. The third-order valence-corrected chi connectivity index (χ3v) is 4.99. The summed E-state index contributed by atoms with van der Waals surface area (Å²) in [6.45, 7) is 7.19. The largest absolute Gasteiger partial charge is 0.481 e. The Hall–Kier alpha value is -1.06. The van der Waals surface area contributed by atoms with Gasteiger partial charge in [-0.05, 0) is 32.1 Å². The SMILES string of the molecule is COC(=O)[C@]1(C)CC[C@@](C)(C(=O)O)C1(C)C. The third-order valence-electron chi connectivity index (χ3n) is 4.99. The van der Waals surface area contributed by atoms with E-state index in [4.69, 9.17) is 4.74 Å². The van der Waals surface area contributed by atoms with Gasteiger partial charge in [-0.3, -0.25) is 9.59 Å². The molecular weight excluding hydrogens is 208 g/mol. The minimum absolute atomic E-state index is 0.317. The fraction of sp³-hybridized carbons (Fsp3) is 0.833. The molecule has 1 fully saturated rings. The fourth-order valence-electron chi connectivity index (χ4n) is 2.69. The maximum atomic E-state index is 11.8. The van der Waals surface area contributed by atoms with Crippen LogP contribution in [0.15, 0.2) is 0 Å². The maximum Gasteiger partial charge on any atom is 0.312 e. The van der Waals surface area contributed by atoms with Gasteiger partial charge in [0, 0.05) is 0 Å². The Kier molecular flexibility index (Phi) is 2.82. The van der Waals surface area contributed by atoms with Crippen LogP contribution in [0.1, 0.15) is 40.5 Å². The second kappa shape index (κ2) is 3.47. The van der Waals surface area contributed by atoms with Crippen LogP contribution in [0.3, 0.4) is 0 Å². The Labute approximate surface area is 96.0 Å². The molecule has 4 heteroatoms. The second-order valence-electron chi connectivity index (χ2n) is 5.59. The first kappa shape index (κ1) is 13.0. The molecule has 1 aliphatic rings. The lowest BCUT2D eigenvalue weighted by Crippen LogP contribution is -2.48. The van der Waals surface area contributed by atoms with Gasteiger partial charge in [-0.1, -0.05) is 13.8 Å². The molecule has 2 atom stereocenters. The van der Waals surface area contributed by atoms with Crippen LogP contribution in [0, 0.1) is 16.2 Å². The number of rotatable bonds is 2. The molecule has 1 saturated carbocycles.